The number of aromatic nitrogens is 3. The zero-order chi connectivity index (χ0) is 10.7. The van der Waals surface area contributed by atoms with Gasteiger partial charge < -0.3 is 10.3 Å². The summed E-state index contributed by atoms with van der Waals surface area (Å²) >= 11 is 0. The van der Waals surface area contributed by atoms with Gasteiger partial charge in [0.2, 0.25) is 5.89 Å². The zero-order valence-corrected chi connectivity index (χ0v) is 8.42. The SMILES string of the molecule is C[C@@H](N)c1nc(Cc2cccnc2)no1. The third kappa shape index (κ3) is 2.38. The second-order valence-electron chi connectivity index (χ2n) is 3.38. The van der Waals surface area contributed by atoms with Crippen LogP contribution in [0.5, 0.6) is 0 Å². The van der Waals surface area contributed by atoms with Gasteiger partial charge in [-0.1, -0.05) is 11.2 Å². The number of nitrogens with zero attached hydrogens (tertiary/aromatic N) is 3. The Morgan fingerprint density at radius 1 is 1.53 bits per heavy atom. The standard InChI is InChI=1S/C10H12N4O/c1-7(11)10-13-9(14-15-10)5-8-3-2-4-12-6-8/h2-4,6-7H,5,11H2,1H3/t7-/m1/s1. The van der Waals surface area contributed by atoms with Gasteiger partial charge in [0, 0.05) is 18.8 Å². The number of hydrogen-bond acceptors (Lipinski definition) is 5. The summed E-state index contributed by atoms with van der Waals surface area (Å²) in [5.41, 5.74) is 6.66. The predicted molar refractivity (Wildman–Crippen MR) is 53.9 cm³/mol. The third-order valence-corrected chi connectivity index (χ3v) is 1.96. The highest BCUT2D eigenvalue weighted by atomic mass is 16.5. The monoisotopic (exact) mass is 204 g/mol. The number of pyridine rings is 1. The van der Waals surface area contributed by atoms with Crippen LogP contribution in [0.4, 0.5) is 0 Å². The van der Waals surface area contributed by atoms with Crippen molar-refractivity contribution >= 4 is 0 Å². The van der Waals surface area contributed by atoms with Gasteiger partial charge in [-0.05, 0) is 18.6 Å². The third-order valence-electron chi connectivity index (χ3n) is 1.96. The first-order valence-corrected chi connectivity index (χ1v) is 4.72. The summed E-state index contributed by atoms with van der Waals surface area (Å²) in [5.74, 6) is 1.10. The molecule has 5 heteroatoms. The average molecular weight is 204 g/mol. The molecule has 0 fully saturated rings. The zero-order valence-electron chi connectivity index (χ0n) is 8.42. The molecule has 0 saturated heterocycles. The molecule has 78 valence electrons. The van der Waals surface area contributed by atoms with E-state index in [9.17, 15) is 0 Å². The van der Waals surface area contributed by atoms with Crippen molar-refractivity contribution in [2.75, 3.05) is 0 Å². The maximum absolute atomic E-state index is 5.61. The first kappa shape index (κ1) is 9.79. The molecule has 1 atom stereocenters. The van der Waals surface area contributed by atoms with Crippen LogP contribution in [0.3, 0.4) is 0 Å². The van der Waals surface area contributed by atoms with Crippen LogP contribution in [-0.4, -0.2) is 15.1 Å². The Labute approximate surface area is 87.3 Å². The Hall–Kier alpha value is -1.75. The molecule has 0 saturated carbocycles. The van der Waals surface area contributed by atoms with Crippen LogP contribution in [-0.2, 0) is 6.42 Å². The first-order valence-electron chi connectivity index (χ1n) is 4.72. The Morgan fingerprint density at radius 2 is 2.40 bits per heavy atom. The second kappa shape index (κ2) is 4.18. The summed E-state index contributed by atoms with van der Waals surface area (Å²) in [6.45, 7) is 1.81. The van der Waals surface area contributed by atoms with Crippen molar-refractivity contribution in [3.8, 4) is 0 Å². The summed E-state index contributed by atoms with van der Waals surface area (Å²) in [7, 11) is 0. The van der Waals surface area contributed by atoms with Crippen LogP contribution < -0.4 is 5.73 Å². The molecule has 0 spiro atoms. The maximum atomic E-state index is 5.61. The van der Waals surface area contributed by atoms with E-state index >= 15 is 0 Å². The van der Waals surface area contributed by atoms with E-state index in [2.05, 4.69) is 15.1 Å². The Morgan fingerprint density at radius 3 is 3.00 bits per heavy atom. The fourth-order valence-corrected chi connectivity index (χ4v) is 1.21. The minimum atomic E-state index is -0.222. The van der Waals surface area contributed by atoms with Crippen molar-refractivity contribution in [3.05, 3.63) is 41.8 Å². The molecule has 2 rings (SSSR count). The highest BCUT2D eigenvalue weighted by Gasteiger charge is 2.10. The van der Waals surface area contributed by atoms with Crippen LogP contribution in [0.1, 0.15) is 30.2 Å². The van der Waals surface area contributed by atoms with Gasteiger partial charge in [0.1, 0.15) is 0 Å². The Kier molecular flexibility index (Phi) is 2.73. The van der Waals surface area contributed by atoms with Gasteiger partial charge >= 0.3 is 0 Å². The van der Waals surface area contributed by atoms with Crippen LogP contribution in [0.25, 0.3) is 0 Å². The largest absolute Gasteiger partial charge is 0.338 e. The fourth-order valence-electron chi connectivity index (χ4n) is 1.21. The predicted octanol–water partition coefficient (Wildman–Crippen LogP) is 1.08. The molecular weight excluding hydrogens is 192 g/mol. The van der Waals surface area contributed by atoms with Gasteiger partial charge in [0.25, 0.3) is 0 Å². The molecule has 5 nitrogen and oxygen atoms in total. The van der Waals surface area contributed by atoms with Crippen molar-refractivity contribution < 1.29 is 4.52 Å². The Balaban J connectivity index is 2.12. The quantitative estimate of drug-likeness (QED) is 0.809. The normalized spacial score (nSPS) is 12.7. The molecule has 0 unspecified atom stereocenters. The van der Waals surface area contributed by atoms with Gasteiger partial charge in [-0.15, -0.1) is 0 Å². The van der Waals surface area contributed by atoms with Crippen LogP contribution in [0.2, 0.25) is 0 Å². The molecule has 0 aliphatic heterocycles. The number of nitrogens with two attached hydrogens (primary N) is 1. The number of hydrogen-bond donors (Lipinski definition) is 1. The van der Waals surface area contributed by atoms with Gasteiger partial charge in [-0.3, -0.25) is 4.98 Å². The minimum absolute atomic E-state index is 0.222. The molecular formula is C10H12N4O. The van der Waals surface area contributed by atoms with Gasteiger partial charge in [0.15, 0.2) is 5.82 Å². The topological polar surface area (TPSA) is 77.8 Å². The van der Waals surface area contributed by atoms with Crippen molar-refractivity contribution in [1.29, 1.82) is 0 Å². The maximum Gasteiger partial charge on any atom is 0.243 e. The van der Waals surface area contributed by atoms with Crippen molar-refractivity contribution in [2.45, 2.75) is 19.4 Å². The molecule has 0 radical (unpaired) electrons. The lowest BCUT2D eigenvalue weighted by Crippen LogP contribution is -2.05. The van der Waals surface area contributed by atoms with E-state index < -0.39 is 0 Å². The summed E-state index contributed by atoms with van der Waals surface area (Å²) < 4.78 is 4.99. The summed E-state index contributed by atoms with van der Waals surface area (Å²) in [5, 5.41) is 3.84. The molecule has 2 heterocycles. The summed E-state index contributed by atoms with van der Waals surface area (Å²) in [6, 6.07) is 3.62. The second-order valence-corrected chi connectivity index (χ2v) is 3.38. The van der Waals surface area contributed by atoms with Crippen molar-refractivity contribution in [2.24, 2.45) is 5.73 Å². The van der Waals surface area contributed by atoms with E-state index in [0.717, 1.165) is 5.56 Å². The average Bonchev–Trinajstić information content (AvgIpc) is 2.68. The van der Waals surface area contributed by atoms with E-state index in [1.54, 1.807) is 19.3 Å². The van der Waals surface area contributed by atoms with Crippen LogP contribution in [0, 0.1) is 0 Å². The highest BCUT2D eigenvalue weighted by molar-refractivity contribution is 5.13. The van der Waals surface area contributed by atoms with Crippen molar-refractivity contribution in [3.63, 3.8) is 0 Å². The van der Waals surface area contributed by atoms with E-state index in [1.807, 2.05) is 12.1 Å². The lowest BCUT2D eigenvalue weighted by Gasteiger charge is -1.94. The molecule has 0 aromatic carbocycles. The van der Waals surface area contributed by atoms with Gasteiger partial charge in [-0.2, -0.15) is 4.98 Å². The molecule has 2 aromatic rings. The van der Waals surface area contributed by atoms with E-state index in [0.29, 0.717) is 18.1 Å². The van der Waals surface area contributed by atoms with Crippen LogP contribution >= 0.6 is 0 Å². The molecule has 0 aliphatic carbocycles. The van der Waals surface area contributed by atoms with Crippen LogP contribution in [0.15, 0.2) is 29.0 Å². The molecule has 2 aromatic heterocycles. The molecule has 15 heavy (non-hydrogen) atoms. The molecule has 0 amide bonds. The van der Waals surface area contributed by atoms with Gasteiger partial charge in [-0.25, -0.2) is 0 Å². The molecule has 2 N–H and O–H groups in total. The van der Waals surface area contributed by atoms with E-state index in [-0.39, 0.29) is 6.04 Å². The molecule has 0 aliphatic rings. The lowest BCUT2D eigenvalue weighted by atomic mass is 10.2. The van der Waals surface area contributed by atoms with Crippen molar-refractivity contribution in [1.82, 2.24) is 15.1 Å². The smallest absolute Gasteiger partial charge is 0.243 e. The summed E-state index contributed by atoms with van der Waals surface area (Å²) in [6.07, 6.45) is 4.12. The van der Waals surface area contributed by atoms with E-state index in [4.69, 9.17) is 10.3 Å². The first-order chi connectivity index (χ1) is 7.25. The summed E-state index contributed by atoms with van der Waals surface area (Å²) in [4.78, 5) is 8.19. The van der Waals surface area contributed by atoms with E-state index in [1.165, 1.54) is 0 Å². The lowest BCUT2D eigenvalue weighted by molar-refractivity contribution is 0.358. The Bertz CT molecular complexity index is 424. The fraction of sp³-hybridized carbons (Fsp3) is 0.300. The molecule has 0 bridgehead atoms. The number of rotatable bonds is 3. The van der Waals surface area contributed by atoms with Gasteiger partial charge in [0.05, 0.1) is 6.04 Å². The highest BCUT2D eigenvalue weighted by Crippen LogP contribution is 2.09. The minimum Gasteiger partial charge on any atom is -0.338 e.